The first-order valence-electron chi connectivity index (χ1n) is 8.93. The number of hydrogen-bond acceptors (Lipinski definition) is 5. The SMILES string of the molecule is CCOC(=O)c1occ(C(=O)c2ccc(C)cc2)c1C(=O)c1ccc(C)cc1. The molecule has 0 N–H and O–H groups in total. The Morgan fingerprint density at radius 2 is 1.32 bits per heavy atom. The highest BCUT2D eigenvalue weighted by molar-refractivity contribution is 6.22. The van der Waals surface area contributed by atoms with Crippen LogP contribution in [0.1, 0.15) is 60.4 Å². The molecule has 0 radical (unpaired) electrons. The molecule has 0 bridgehead atoms. The van der Waals surface area contributed by atoms with Gasteiger partial charge in [0.25, 0.3) is 0 Å². The van der Waals surface area contributed by atoms with Gasteiger partial charge in [0.15, 0.2) is 11.6 Å². The van der Waals surface area contributed by atoms with Gasteiger partial charge in [-0.1, -0.05) is 59.7 Å². The maximum absolute atomic E-state index is 13.1. The van der Waals surface area contributed by atoms with Crippen LogP contribution in [0, 0.1) is 13.8 Å². The zero-order valence-electron chi connectivity index (χ0n) is 15.9. The molecule has 0 unspecified atom stereocenters. The average Bonchev–Trinajstić information content (AvgIpc) is 3.13. The van der Waals surface area contributed by atoms with Gasteiger partial charge in [0.05, 0.1) is 17.7 Å². The molecule has 1 aromatic heterocycles. The quantitative estimate of drug-likeness (QED) is 0.467. The third-order valence-corrected chi connectivity index (χ3v) is 4.35. The summed E-state index contributed by atoms with van der Waals surface area (Å²) in [7, 11) is 0. The number of esters is 1. The Bertz CT molecular complexity index is 1020. The monoisotopic (exact) mass is 376 g/mol. The first kappa shape index (κ1) is 19.3. The Hall–Kier alpha value is -3.47. The molecular formula is C23H20O5. The molecule has 0 aliphatic heterocycles. The lowest BCUT2D eigenvalue weighted by Crippen LogP contribution is -2.14. The van der Waals surface area contributed by atoms with E-state index in [1.807, 2.05) is 13.8 Å². The Morgan fingerprint density at radius 3 is 1.82 bits per heavy atom. The van der Waals surface area contributed by atoms with E-state index in [4.69, 9.17) is 9.15 Å². The van der Waals surface area contributed by atoms with E-state index in [0.717, 1.165) is 17.4 Å². The molecule has 3 rings (SSSR count). The molecule has 0 amide bonds. The zero-order chi connectivity index (χ0) is 20.3. The molecule has 0 fully saturated rings. The van der Waals surface area contributed by atoms with E-state index in [2.05, 4.69) is 0 Å². The molecule has 3 aromatic rings. The van der Waals surface area contributed by atoms with E-state index in [1.54, 1.807) is 55.5 Å². The number of carbonyl (C=O) groups excluding carboxylic acids is 3. The number of ether oxygens (including phenoxy) is 1. The molecule has 0 aliphatic rings. The van der Waals surface area contributed by atoms with Crippen molar-refractivity contribution >= 4 is 17.5 Å². The van der Waals surface area contributed by atoms with Gasteiger partial charge < -0.3 is 9.15 Å². The summed E-state index contributed by atoms with van der Waals surface area (Å²) in [6.07, 6.45) is 1.15. The van der Waals surface area contributed by atoms with E-state index in [0.29, 0.717) is 11.1 Å². The van der Waals surface area contributed by atoms with E-state index in [9.17, 15) is 14.4 Å². The van der Waals surface area contributed by atoms with Gasteiger partial charge in [-0.25, -0.2) is 4.79 Å². The van der Waals surface area contributed by atoms with Gasteiger partial charge in [0.1, 0.15) is 6.26 Å². The highest BCUT2D eigenvalue weighted by Gasteiger charge is 2.30. The maximum Gasteiger partial charge on any atom is 0.375 e. The normalized spacial score (nSPS) is 10.5. The van der Waals surface area contributed by atoms with Crippen molar-refractivity contribution in [3.8, 4) is 0 Å². The fraction of sp³-hybridized carbons (Fsp3) is 0.174. The smallest absolute Gasteiger partial charge is 0.375 e. The maximum atomic E-state index is 13.1. The van der Waals surface area contributed by atoms with Crippen LogP contribution in [-0.4, -0.2) is 24.1 Å². The summed E-state index contributed by atoms with van der Waals surface area (Å²) in [5.41, 5.74) is 2.72. The van der Waals surface area contributed by atoms with Crippen molar-refractivity contribution in [2.45, 2.75) is 20.8 Å². The number of hydrogen-bond donors (Lipinski definition) is 0. The van der Waals surface area contributed by atoms with Crippen LogP contribution in [-0.2, 0) is 4.74 Å². The van der Waals surface area contributed by atoms with E-state index >= 15 is 0 Å². The fourth-order valence-electron chi connectivity index (χ4n) is 2.81. The minimum Gasteiger partial charge on any atom is -0.460 e. The Morgan fingerprint density at radius 1 is 0.821 bits per heavy atom. The van der Waals surface area contributed by atoms with E-state index in [-0.39, 0.29) is 23.5 Å². The van der Waals surface area contributed by atoms with Gasteiger partial charge in [-0.05, 0) is 20.8 Å². The first-order valence-corrected chi connectivity index (χ1v) is 8.93. The van der Waals surface area contributed by atoms with Crippen molar-refractivity contribution in [3.63, 3.8) is 0 Å². The van der Waals surface area contributed by atoms with Gasteiger partial charge in [0, 0.05) is 11.1 Å². The second-order valence-electron chi connectivity index (χ2n) is 6.46. The third-order valence-electron chi connectivity index (χ3n) is 4.35. The van der Waals surface area contributed by atoms with Crippen LogP contribution in [0.25, 0.3) is 0 Å². The summed E-state index contributed by atoms with van der Waals surface area (Å²) >= 11 is 0. The van der Waals surface area contributed by atoms with Crippen molar-refractivity contribution in [2.24, 2.45) is 0 Å². The van der Waals surface area contributed by atoms with Gasteiger partial charge in [0.2, 0.25) is 5.76 Å². The van der Waals surface area contributed by atoms with Crippen LogP contribution in [0.4, 0.5) is 0 Å². The summed E-state index contributed by atoms with van der Waals surface area (Å²) in [5, 5.41) is 0. The predicted octanol–water partition coefficient (Wildman–Crippen LogP) is 4.54. The van der Waals surface area contributed by atoms with Crippen LogP contribution in [0.3, 0.4) is 0 Å². The van der Waals surface area contributed by atoms with E-state index in [1.165, 1.54) is 0 Å². The number of ketones is 2. The molecule has 1 heterocycles. The molecule has 0 spiro atoms. The topological polar surface area (TPSA) is 73.6 Å². The van der Waals surface area contributed by atoms with Crippen LogP contribution in [0.15, 0.2) is 59.2 Å². The number of furan rings is 1. The highest BCUT2D eigenvalue weighted by atomic mass is 16.5. The molecular weight excluding hydrogens is 356 g/mol. The van der Waals surface area contributed by atoms with Crippen molar-refractivity contribution < 1.29 is 23.5 Å². The van der Waals surface area contributed by atoms with Crippen LogP contribution >= 0.6 is 0 Å². The van der Waals surface area contributed by atoms with Crippen molar-refractivity contribution in [2.75, 3.05) is 6.61 Å². The van der Waals surface area contributed by atoms with Gasteiger partial charge in [-0.15, -0.1) is 0 Å². The minimum atomic E-state index is -0.777. The Kier molecular flexibility index (Phi) is 5.54. The average molecular weight is 376 g/mol. The Balaban J connectivity index is 2.11. The third kappa shape index (κ3) is 3.78. The van der Waals surface area contributed by atoms with Crippen LogP contribution in [0.2, 0.25) is 0 Å². The summed E-state index contributed by atoms with van der Waals surface area (Å²) in [6, 6.07) is 13.9. The molecule has 0 saturated carbocycles. The Labute approximate surface area is 162 Å². The molecule has 0 aliphatic carbocycles. The standard InChI is InChI=1S/C23H20O5/c1-4-27-23(26)22-19(21(25)17-11-7-15(3)8-12-17)18(13-28-22)20(24)16-9-5-14(2)6-10-16/h5-13H,4H2,1-3H3. The summed E-state index contributed by atoms with van der Waals surface area (Å²) in [5.74, 6) is -1.90. The summed E-state index contributed by atoms with van der Waals surface area (Å²) in [6.45, 7) is 5.60. The van der Waals surface area contributed by atoms with Crippen molar-refractivity contribution in [3.05, 3.63) is 93.9 Å². The number of rotatable bonds is 6. The number of aryl methyl sites for hydroxylation is 2. The molecule has 0 atom stereocenters. The lowest BCUT2D eigenvalue weighted by molar-refractivity contribution is 0.0486. The number of benzene rings is 2. The summed E-state index contributed by atoms with van der Waals surface area (Å²) < 4.78 is 10.3. The highest BCUT2D eigenvalue weighted by Crippen LogP contribution is 2.25. The minimum absolute atomic E-state index is 0.0393. The fourth-order valence-corrected chi connectivity index (χ4v) is 2.81. The second kappa shape index (κ2) is 8.05. The lowest BCUT2D eigenvalue weighted by Gasteiger charge is -2.06. The molecule has 2 aromatic carbocycles. The lowest BCUT2D eigenvalue weighted by atomic mass is 9.94. The number of carbonyl (C=O) groups is 3. The van der Waals surface area contributed by atoms with Crippen LogP contribution < -0.4 is 0 Å². The summed E-state index contributed by atoms with van der Waals surface area (Å²) in [4.78, 5) is 38.4. The van der Waals surface area contributed by atoms with E-state index < -0.39 is 17.5 Å². The predicted molar refractivity (Wildman–Crippen MR) is 104 cm³/mol. The van der Waals surface area contributed by atoms with Crippen molar-refractivity contribution in [1.82, 2.24) is 0 Å². The molecule has 5 heteroatoms. The molecule has 5 nitrogen and oxygen atoms in total. The first-order chi connectivity index (χ1) is 13.4. The molecule has 28 heavy (non-hydrogen) atoms. The second-order valence-corrected chi connectivity index (χ2v) is 6.46. The van der Waals surface area contributed by atoms with Gasteiger partial charge in [-0.2, -0.15) is 0 Å². The van der Waals surface area contributed by atoms with Crippen LogP contribution in [0.5, 0.6) is 0 Å². The molecule has 0 saturated heterocycles. The van der Waals surface area contributed by atoms with Gasteiger partial charge >= 0.3 is 5.97 Å². The zero-order valence-corrected chi connectivity index (χ0v) is 15.9. The largest absolute Gasteiger partial charge is 0.460 e. The van der Waals surface area contributed by atoms with Crippen molar-refractivity contribution in [1.29, 1.82) is 0 Å². The van der Waals surface area contributed by atoms with Gasteiger partial charge in [-0.3, -0.25) is 9.59 Å². The molecule has 142 valence electrons.